The summed E-state index contributed by atoms with van der Waals surface area (Å²) in [6, 6.07) is 12.4. The SMILES string of the molecule is CN1CCCC(CN(C)c2cc(-c3ccccc3)nc3ncnn23)C1. The molecular weight excluding hydrogens is 312 g/mol. The normalized spacial score (nSPS) is 18.6. The van der Waals surface area contributed by atoms with Crippen LogP contribution in [0.5, 0.6) is 0 Å². The largest absolute Gasteiger partial charge is 0.359 e. The molecule has 1 saturated heterocycles. The summed E-state index contributed by atoms with van der Waals surface area (Å²) in [7, 11) is 4.35. The highest BCUT2D eigenvalue weighted by Crippen LogP contribution is 2.25. The van der Waals surface area contributed by atoms with Crippen LogP contribution in [0, 0.1) is 5.92 Å². The highest BCUT2D eigenvalue weighted by molar-refractivity contribution is 5.65. The molecule has 1 unspecified atom stereocenters. The molecule has 25 heavy (non-hydrogen) atoms. The topological polar surface area (TPSA) is 49.6 Å². The first-order chi connectivity index (χ1) is 12.2. The fraction of sp³-hybridized carbons (Fsp3) is 0.421. The predicted molar refractivity (Wildman–Crippen MR) is 99.7 cm³/mol. The average molecular weight is 336 g/mol. The van der Waals surface area contributed by atoms with E-state index in [9.17, 15) is 0 Å². The molecule has 0 N–H and O–H groups in total. The van der Waals surface area contributed by atoms with E-state index < -0.39 is 0 Å². The van der Waals surface area contributed by atoms with Crippen LogP contribution < -0.4 is 4.90 Å². The number of benzene rings is 1. The number of anilines is 1. The summed E-state index contributed by atoms with van der Waals surface area (Å²) in [5, 5.41) is 4.37. The van der Waals surface area contributed by atoms with Gasteiger partial charge >= 0.3 is 0 Å². The van der Waals surface area contributed by atoms with Crippen molar-refractivity contribution in [1.29, 1.82) is 0 Å². The lowest BCUT2D eigenvalue weighted by atomic mass is 9.98. The maximum Gasteiger partial charge on any atom is 0.254 e. The molecule has 0 aliphatic carbocycles. The van der Waals surface area contributed by atoms with Crippen LogP contribution in [0.25, 0.3) is 17.0 Å². The van der Waals surface area contributed by atoms with Crippen LogP contribution in [0.1, 0.15) is 12.8 Å². The summed E-state index contributed by atoms with van der Waals surface area (Å²) in [5.41, 5.74) is 2.03. The van der Waals surface area contributed by atoms with Gasteiger partial charge in [-0.1, -0.05) is 30.3 Å². The van der Waals surface area contributed by atoms with Gasteiger partial charge < -0.3 is 9.80 Å². The third-order valence-corrected chi connectivity index (χ3v) is 4.95. The third kappa shape index (κ3) is 3.35. The zero-order valence-electron chi connectivity index (χ0n) is 14.8. The Bertz CT molecular complexity index is 844. The van der Waals surface area contributed by atoms with E-state index in [0.717, 1.165) is 30.2 Å². The Balaban J connectivity index is 1.66. The fourth-order valence-corrected chi connectivity index (χ4v) is 3.73. The Morgan fingerprint density at radius 3 is 2.88 bits per heavy atom. The molecule has 1 aliphatic heterocycles. The highest BCUT2D eigenvalue weighted by atomic mass is 15.4. The summed E-state index contributed by atoms with van der Waals surface area (Å²) in [4.78, 5) is 13.7. The second-order valence-electron chi connectivity index (χ2n) is 6.99. The van der Waals surface area contributed by atoms with Crippen LogP contribution in [-0.4, -0.2) is 58.2 Å². The third-order valence-electron chi connectivity index (χ3n) is 4.95. The zero-order chi connectivity index (χ0) is 17.2. The van der Waals surface area contributed by atoms with Crippen LogP contribution in [-0.2, 0) is 0 Å². The van der Waals surface area contributed by atoms with Crippen LogP contribution in [0.15, 0.2) is 42.7 Å². The number of aromatic nitrogens is 4. The van der Waals surface area contributed by atoms with Crippen LogP contribution in [0.3, 0.4) is 0 Å². The summed E-state index contributed by atoms with van der Waals surface area (Å²) in [6.45, 7) is 3.37. The van der Waals surface area contributed by atoms with Crippen molar-refractivity contribution >= 4 is 11.6 Å². The van der Waals surface area contributed by atoms with Gasteiger partial charge in [0.25, 0.3) is 5.78 Å². The van der Waals surface area contributed by atoms with Crippen LogP contribution in [0.2, 0.25) is 0 Å². The summed E-state index contributed by atoms with van der Waals surface area (Å²) in [5.74, 6) is 2.36. The van der Waals surface area contributed by atoms with Crippen molar-refractivity contribution in [2.75, 3.05) is 38.6 Å². The van der Waals surface area contributed by atoms with Gasteiger partial charge in [-0.2, -0.15) is 14.6 Å². The first-order valence-corrected chi connectivity index (χ1v) is 8.86. The molecule has 1 aromatic carbocycles. The molecule has 0 bridgehead atoms. The number of likely N-dealkylation sites (tertiary alicyclic amines) is 1. The molecule has 0 saturated carbocycles. The van der Waals surface area contributed by atoms with Gasteiger partial charge in [-0.25, -0.2) is 4.98 Å². The summed E-state index contributed by atoms with van der Waals surface area (Å²) in [6.07, 6.45) is 4.13. The Labute approximate surface area is 148 Å². The quantitative estimate of drug-likeness (QED) is 0.733. The Morgan fingerprint density at radius 1 is 1.24 bits per heavy atom. The van der Waals surface area contributed by atoms with E-state index in [1.165, 1.54) is 19.4 Å². The van der Waals surface area contributed by atoms with E-state index in [-0.39, 0.29) is 0 Å². The predicted octanol–water partition coefficient (Wildman–Crippen LogP) is 2.57. The Morgan fingerprint density at radius 2 is 2.08 bits per heavy atom. The van der Waals surface area contributed by atoms with Crippen molar-refractivity contribution in [1.82, 2.24) is 24.5 Å². The van der Waals surface area contributed by atoms with E-state index in [1.807, 2.05) is 22.7 Å². The maximum atomic E-state index is 4.66. The molecule has 4 rings (SSSR count). The number of piperidine rings is 1. The second-order valence-corrected chi connectivity index (χ2v) is 6.99. The molecule has 1 atom stereocenters. The lowest BCUT2D eigenvalue weighted by Gasteiger charge is -2.33. The minimum atomic E-state index is 0.643. The number of rotatable bonds is 4. The molecule has 1 aliphatic rings. The van der Waals surface area contributed by atoms with Gasteiger partial charge in [-0.3, -0.25) is 0 Å². The van der Waals surface area contributed by atoms with Gasteiger partial charge in [0.15, 0.2) is 0 Å². The van der Waals surface area contributed by atoms with Crippen molar-refractivity contribution in [2.24, 2.45) is 5.92 Å². The number of fused-ring (bicyclic) bond motifs is 1. The van der Waals surface area contributed by atoms with E-state index in [2.05, 4.69) is 57.2 Å². The lowest BCUT2D eigenvalue weighted by Crippen LogP contribution is -2.38. The lowest BCUT2D eigenvalue weighted by molar-refractivity contribution is 0.213. The van der Waals surface area contributed by atoms with Gasteiger partial charge in [-0.05, 0) is 32.4 Å². The molecule has 130 valence electrons. The van der Waals surface area contributed by atoms with E-state index >= 15 is 0 Å². The standard InChI is InChI=1S/C19H24N6/c1-23-10-6-7-15(12-23)13-24(2)18-11-17(16-8-4-3-5-9-16)22-19-20-14-21-25(18)19/h3-5,8-9,11,14-15H,6-7,10,12-13H2,1-2H3. The molecule has 1 fully saturated rings. The monoisotopic (exact) mass is 336 g/mol. The smallest absolute Gasteiger partial charge is 0.254 e. The highest BCUT2D eigenvalue weighted by Gasteiger charge is 2.20. The first kappa shape index (κ1) is 16.0. The molecule has 0 spiro atoms. The van der Waals surface area contributed by atoms with Crippen molar-refractivity contribution in [3.8, 4) is 11.3 Å². The number of hydrogen-bond acceptors (Lipinski definition) is 5. The van der Waals surface area contributed by atoms with E-state index in [4.69, 9.17) is 0 Å². The van der Waals surface area contributed by atoms with Crippen LogP contribution in [0.4, 0.5) is 5.82 Å². The van der Waals surface area contributed by atoms with Gasteiger partial charge in [0.05, 0.1) is 5.69 Å². The molecule has 0 radical (unpaired) electrons. The van der Waals surface area contributed by atoms with E-state index in [0.29, 0.717) is 11.7 Å². The van der Waals surface area contributed by atoms with Crippen molar-refractivity contribution in [2.45, 2.75) is 12.8 Å². The molecule has 6 nitrogen and oxygen atoms in total. The molecule has 3 aromatic rings. The Hall–Kier alpha value is -2.47. The molecule has 0 amide bonds. The number of hydrogen-bond donors (Lipinski definition) is 0. The minimum absolute atomic E-state index is 0.643. The Kier molecular flexibility index (Phi) is 4.36. The van der Waals surface area contributed by atoms with Crippen molar-refractivity contribution < 1.29 is 0 Å². The number of nitrogens with zero attached hydrogens (tertiary/aromatic N) is 6. The summed E-state index contributed by atoms with van der Waals surface area (Å²) < 4.78 is 1.83. The molecule has 6 heteroatoms. The van der Waals surface area contributed by atoms with Crippen molar-refractivity contribution in [3.05, 3.63) is 42.7 Å². The summed E-state index contributed by atoms with van der Waals surface area (Å²) >= 11 is 0. The van der Waals surface area contributed by atoms with Crippen LogP contribution >= 0.6 is 0 Å². The van der Waals surface area contributed by atoms with Crippen molar-refractivity contribution in [3.63, 3.8) is 0 Å². The van der Waals surface area contributed by atoms with Gasteiger partial charge in [0.2, 0.25) is 0 Å². The van der Waals surface area contributed by atoms with Gasteiger partial charge in [0.1, 0.15) is 12.1 Å². The zero-order valence-corrected chi connectivity index (χ0v) is 14.8. The second kappa shape index (κ2) is 6.80. The minimum Gasteiger partial charge on any atom is -0.359 e. The van der Waals surface area contributed by atoms with E-state index in [1.54, 1.807) is 6.33 Å². The average Bonchev–Trinajstić information content (AvgIpc) is 3.10. The molecular formula is C19H24N6. The molecule has 3 heterocycles. The first-order valence-electron chi connectivity index (χ1n) is 8.86. The fourth-order valence-electron chi connectivity index (χ4n) is 3.73. The molecule has 2 aromatic heterocycles. The van der Waals surface area contributed by atoms with Gasteiger partial charge in [-0.15, -0.1) is 0 Å². The van der Waals surface area contributed by atoms with Gasteiger partial charge in [0, 0.05) is 31.8 Å². The maximum absolute atomic E-state index is 4.66.